The van der Waals surface area contributed by atoms with Crippen molar-refractivity contribution in [2.75, 3.05) is 26.2 Å². The van der Waals surface area contributed by atoms with Gasteiger partial charge in [-0.25, -0.2) is 0 Å². The van der Waals surface area contributed by atoms with Crippen molar-refractivity contribution >= 4 is 11.6 Å². The zero-order valence-corrected chi connectivity index (χ0v) is 10.8. The summed E-state index contributed by atoms with van der Waals surface area (Å²) in [6, 6.07) is 5.76. The SMILES string of the molecule is CCN(CCO)CC1Cc2cc(Cl)ccc2O1. The lowest BCUT2D eigenvalue weighted by molar-refractivity contribution is 0.134. The standard InChI is InChI=1S/C13H18ClNO2/c1-2-15(5-6-16)9-12-8-10-7-11(14)3-4-13(10)17-12/h3-4,7,12,16H,2,5-6,8-9H2,1H3. The second-order valence-electron chi connectivity index (χ2n) is 4.31. The first kappa shape index (κ1) is 12.7. The quantitative estimate of drug-likeness (QED) is 0.873. The fourth-order valence-electron chi connectivity index (χ4n) is 2.20. The molecule has 1 aromatic rings. The van der Waals surface area contributed by atoms with Crippen LogP contribution < -0.4 is 4.74 Å². The number of aliphatic hydroxyl groups excluding tert-OH is 1. The number of aliphatic hydroxyl groups is 1. The topological polar surface area (TPSA) is 32.7 Å². The van der Waals surface area contributed by atoms with Gasteiger partial charge < -0.3 is 9.84 Å². The summed E-state index contributed by atoms with van der Waals surface area (Å²) in [5, 5.41) is 9.71. The number of ether oxygens (including phenoxy) is 1. The van der Waals surface area contributed by atoms with E-state index in [1.165, 1.54) is 5.56 Å². The van der Waals surface area contributed by atoms with Crippen LogP contribution in [0.2, 0.25) is 5.02 Å². The van der Waals surface area contributed by atoms with Crippen LogP contribution in [0.1, 0.15) is 12.5 Å². The highest BCUT2D eigenvalue weighted by atomic mass is 35.5. The summed E-state index contributed by atoms with van der Waals surface area (Å²) in [5.41, 5.74) is 1.18. The first-order valence-electron chi connectivity index (χ1n) is 6.01. The molecule has 0 amide bonds. The number of rotatable bonds is 5. The molecule has 1 N–H and O–H groups in total. The van der Waals surface area contributed by atoms with E-state index >= 15 is 0 Å². The van der Waals surface area contributed by atoms with Gasteiger partial charge in [0.25, 0.3) is 0 Å². The Labute approximate surface area is 107 Å². The molecule has 1 aliphatic rings. The molecule has 0 radical (unpaired) electrons. The maximum absolute atomic E-state index is 8.95. The molecule has 0 fully saturated rings. The molecule has 3 nitrogen and oxygen atoms in total. The molecule has 4 heteroatoms. The molecule has 0 saturated heterocycles. The van der Waals surface area contributed by atoms with Crippen molar-refractivity contribution in [2.45, 2.75) is 19.4 Å². The number of halogens is 1. The molecule has 1 atom stereocenters. The predicted octanol–water partition coefficient (Wildman–Crippen LogP) is 1.96. The highest BCUT2D eigenvalue weighted by Gasteiger charge is 2.24. The predicted molar refractivity (Wildman–Crippen MR) is 68.8 cm³/mol. The van der Waals surface area contributed by atoms with Gasteiger partial charge in [-0.3, -0.25) is 4.90 Å². The number of hydrogen-bond donors (Lipinski definition) is 1. The number of hydrogen-bond acceptors (Lipinski definition) is 3. The number of likely N-dealkylation sites (N-methyl/N-ethyl adjacent to an activating group) is 1. The van der Waals surface area contributed by atoms with E-state index in [2.05, 4.69) is 11.8 Å². The fraction of sp³-hybridized carbons (Fsp3) is 0.538. The average molecular weight is 256 g/mol. The molecule has 0 saturated carbocycles. The van der Waals surface area contributed by atoms with Gasteiger partial charge in [-0.15, -0.1) is 0 Å². The van der Waals surface area contributed by atoms with Crippen LogP contribution >= 0.6 is 11.6 Å². The van der Waals surface area contributed by atoms with Crippen LogP contribution in [0.3, 0.4) is 0 Å². The molecule has 0 aromatic heterocycles. The summed E-state index contributed by atoms with van der Waals surface area (Å²) >= 11 is 5.95. The lowest BCUT2D eigenvalue weighted by atomic mass is 10.1. The minimum absolute atomic E-state index is 0.176. The van der Waals surface area contributed by atoms with Crippen LogP contribution in [0, 0.1) is 0 Å². The molecule has 0 bridgehead atoms. The van der Waals surface area contributed by atoms with Gasteiger partial charge in [-0.2, -0.15) is 0 Å². The highest BCUT2D eigenvalue weighted by molar-refractivity contribution is 6.30. The smallest absolute Gasteiger partial charge is 0.123 e. The Morgan fingerprint density at radius 3 is 3.06 bits per heavy atom. The fourth-order valence-corrected chi connectivity index (χ4v) is 2.39. The first-order valence-corrected chi connectivity index (χ1v) is 6.39. The van der Waals surface area contributed by atoms with Gasteiger partial charge in [0.15, 0.2) is 0 Å². The maximum atomic E-state index is 8.95. The minimum atomic E-state index is 0.176. The van der Waals surface area contributed by atoms with E-state index in [1.54, 1.807) is 0 Å². The summed E-state index contributed by atoms with van der Waals surface area (Å²) in [7, 11) is 0. The van der Waals surface area contributed by atoms with Crippen LogP contribution in [-0.2, 0) is 6.42 Å². The van der Waals surface area contributed by atoms with Crippen molar-refractivity contribution in [1.82, 2.24) is 4.90 Å². The molecule has 1 heterocycles. The van der Waals surface area contributed by atoms with Crippen LogP contribution in [0.25, 0.3) is 0 Å². The van der Waals surface area contributed by atoms with Gasteiger partial charge in [0.05, 0.1) is 6.61 Å². The van der Waals surface area contributed by atoms with E-state index < -0.39 is 0 Å². The van der Waals surface area contributed by atoms with E-state index in [4.69, 9.17) is 21.4 Å². The van der Waals surface area contributed by atoms with E-state index in [0.717, 1.165) is 30.3 Å². The lowest BCUT2D eigenvalue weighted by Crippen LogP contribution is -2.36. The number of nitrogens with zero attached hydrogens (tertiary/aromatic N) is 1. The van der Waals surface area contributed by atoms with Crippen molar-refractivity contribution in [2.24, 2.45) is 0 Å². The van der Waals surface area contributed by atoms with Gasteiger partial charge in [0.2, 0.25) is 0 Å². The van der Waals surface area contributed by atoms with Crippen molar-refractivity contribution in [3.8, 4) is 5.75 Å². The summed E-state index contributed by atoms with van der Waals surface area (Å²) in [4.78, 5) is 2.19. The van der Waals surface area contributed by atoms with Crippen molar-refractivity contribution in [3.63, 3.8) is 0 Å². The Kier molecular flexibility index (Phi) is 4.26. The maximum Gasteiger partial charge on any atom is 0.123 e. The van der Waals surface area contributed by atoms with Gasteiger partial charge in [0, 0.05) is 24.5 Å². The molecule has 2 rings (SSSR count). The Morgan fingerprint density at radius 2 is 2.35 bits per heavy atom. The van der Waals surface area contributed by atoms with Crippen LogP contribution in [0.4, 0.5) is 0 Å². The van der Waals surface area contributed by atoms with E-state index in [1.807, 2.05) is 18.2 Å². The zero-order valence-electron chi connectivity index (χ0n) is 10.0. The second-order valence-corrected chi connectivity index (χ2v) is 4.75. The van der Waals surface area contributed by atoms with Gasteiger partial charge in [0.1, 0.15) is 11.9 Å². The average Bonchev–Trinajstić information content (AvgIpc) is 2.69. The Hall–Kier alpha value is -0.770. The first-order chi connectivity index (χ1) is 8.22. The third-order valence-electron chi connectivity index (χ3n) is 3.09. The van der Waals surface area contributed by atoms with Gasteiger partial charge in [-0.1, -0.05) is 18.5 Å². The molecular weight excluding hydrogens is 238 g/mol. The molecule has 94 valence electrons. The Bertz CT molecular complexity index is 384. The monoisotopic (exact) mass is 255 g/mol. The van der Waals surface area contributed by atoms with Crippen molar-refractivity contribution < 1.29 is 9.84 Å². The molecule has 1 unspecified atom stereocenters. The lowest BCUT2D eigenvalue weighted by Gasteiger charge is -2.22. The van der Waals surface area contributed by atoms with Crippen molar-refractivity contribution in [3.05, 3.63) is 28.8 Å². The van der Waals surface area contributed by atoms with E-state index in [0.29, 0.717) is 6.54 Å². The summed E-state index contributed by atoms with van der Waals surface area (Å²) in [6.07, 6.45) is 1.08. The van der Waals surface area contributed by atoms with E-state index in [-0.39, 0.29) is 12.7 Å². The zero-order chi connectivity index (χ0) is 12.3. The van der Waals surface area contributed by atoms with E-state index in [9.17, 15) is 0 Å². The highest BCUT2D eigenvalue weighted by Crippen LogP contribution is 2.31. The van der Waals surface area contributed by atoms with Gasteiger partial charge in [-0.05, 0) is 30.3 Å². The summed E-state index contributed by atoms with van der Waals surface area (Å²) in [5.74, 6) is 0.944. The molecular formula is C13H18ClNO2. The largest absolute Gasteiger partial charge is 0.488 e. The third-order valence-corrected chi connectivity index (χ3v) is 3.32. The third kappa shape index (κ3) is 3.12. The second kappa shape index (κ2) is 5.71. The van der Waals surface area contributed by atoms with Crippen LogP contribution in [-0.4, -0.2) is 42.4 Å². The van der Waals surface area contributed by atoms with Crippen LogP contribution in [0.15, 0.2) is 18.2 Å². The van der Waals surface area contributed by atoms with Gasteiger partial charge >= 0.3 is 0 Å². The molecule has 17 heavy (non-hydrogen) atoms. The Morgan fingerprint density at radius 1 is 1.53 bits per heavy atom. The minimum Gasteiger partial charge on any atom is -0.488 e. The molecule has 1 aliphatic heterocycles. The number of fused-ring (bicyclic) bond motifs is 1. The van der Waals surface area contributed by atoms with Crippen molar-refractivity contribution in [1.29, 1.82) is 0 Å². The molecule has 1 aromatic carbocycles. The molecule has 0 spiro atoms. The Balaban J connectivity index is 1.95. The summed E-state index contributed by atoms with van der Waals surface area (Å²) in [6.45, 7) is 4.77. The normalized spacial score (nSPS) is 18.2. The summed E-state index contributed by atoms with van der Waals surface area (Å²) < 4.78 is 5.86. The van der Waals surface area contributed by atoms with Crippen LogP contribution in [0.5, 0.6) is 5.75 Å². The number of benzene rings is 1. The molecule has 0 aliphatic carbocycles.